The topological polar surface area (TPSA) is 107 Å². The highest BCUT2D eigenvalue weighted by molar-refractivity contribution is 5.35. The molecule has 2 heterocycles. The fraction of sp³-hybridized carbons (Fsp3) is 0.615. The summed E-state index contributed by atoms with van der Waals surface area (Å²) in [6.07, 6.45) is 6.41. The fourth-order valence-electron chi connectivity index (χ4n) is 2.72. The molecule has 112 valence electrons. The molecule has 3 atom stereocenters. The molecule has 8 nitrogen and oxygen atoms in total. The maximum absolute atomic E-state index is 5.76. The van der Waals surface area contributed by atoms with Crippen LogP contribution in [0.15, 0.2) is 12.7 Å². The summed E-state index contributed by atoms with van der Waals surface area (Å²) in [4.78, 5) is 16.5. The van der Waals surface area contributed by atoms with E-state index in [1.54, 1.807) is 0 Å². The quantitative estimate of drug-likeness (QED) is 0.875. The van der Waals surface area contributed by atoms with Crippen LogP contribution in [0.25, 0.3) is 5.95 Å². The van der Waals surface area contributed by atoms with E-state index in [0.29, 0.717) is 23.9 Å². The highest BCUT2D eigenvalue weighted by Crippen LogP contribution is 2.30. The summed E-state index contributed by atoms with van der Waals surface area (Å²) < 4.78 is 1.47. The molecule has 8 heteroatoms. The number of rotatable bonds is 3. The molecule has 3 N–H and O–H groups in total. The van der Waals surface area contributed by atoms with Crippen LogP contribution in [0.4, 0.5) is 11.9 Å². The monoisotopic (exact) mass is 288 g/mol. The van der Waals surface area contributed by atoms with E-state index < -0.39 is 0 Å². The molecule has 0 spiro atoms. The minimum absolute atomic E-state index is 0.176. The van der Waals surface area contributed by atoms with Gasteiger partial charge < -0.3 is 11.1 Å². The van der Waals surface area contributed by atoms with Crippen molar-refractivity contribution in [2.75, 3.05) is 11.1 Å². The van der Waals surface area contributed by atoms with E-state index in [-0.39, 0.29) is 5.95 Å². The Morgan fingerprint density at radius 2 is 2.05 bits per heavy atom. The van der Waals surface area contributed by atoms with Crippen LogP contribution in [-0.2, 0) is 0 Å². The third kappa shape index (κ3) is 3.09. The van der Waals surface area contributed by atoms with E-state index in [1.165, 1.54) is 23.8 Å². The van der Waals surface area contributed by atoms with Crippen molar-refractivity contribution in [2.24, 2.45) is 11.8 Å². The lowest BCUT2D eigenvalue weighted by Gasteiger charge is -2.32. The van der Waals surface area contributed by atoms with Gasteiger partial charge >= 0.3 is 0 Å². The average molecular weight is 288 g/mol. The largest absolute Gasteiger partial charge is 0.368 e. The van der Waals surface area contributed by atoms with Gasteiger partial charge in [-0.3, -0.25) is 0 Å². The zero-order valence-electron chi connectivity index (χ0n) is 12.3. The normalized spacial score (nSPS) is 25.7. The van der Waals surface area contributed by atoms with Crippen molar-refractivity contribution >= 4 is 11.9 Å². The van der Waals surface area contributed by atoms with Gasteiger partial charge in [0.25, 0.3) is 5.95 Å². The van der Waals surface area contributed by atoms with E-state index in [0.717, 1.165) is 18.8 Å². The number of nitrogens with two attached hydrogens (primary N) is 1. The molecule has 0 bridgehead atoms. The summed E-state index contributed by atoms with van der Waals surface area (Å²) in [5.74, 6) is 2.53. The molecule has 0 aliphatic heterocycles. The number of nitrogens with one attached hydrogen (secondary N) is 1. The van der Waals surface area contributed by atoms with Crippen LogP contribution in [0.3, 0.4) is 0 Å². The van der Waals surface area contributed by atoms with Gasteiger partial charge in [-0.25, -0.2) is 4.98 Å². The predicted molar refractivity (Wildman–Crippen MR) is 78.7 cm³/mol. The lowest BCUT2D eigenvalue weighted by molar-refractivity contribution is 0.260. The van der Waals surface area contributed by atoms with Gasteiger partial charge in [0.15, 0.2) is 0 Å². The van der Waals surface area contributed by atoms with Crippen molar-refractivity contribution in [3.05, 3.63) is 12.7 Å². The first-order valence-corrected chi connectivity index (χ1v) is 7.25. The van der Waals surface area contributed by atoms with E-state index in [1.807, 2.05) is 0 Å². The van der Waals surface area contributed by atoms with Gasteiger partial charge in [0.2, 0.25) is 11.9 Å². The Kier molecular flexibility index (Phi) is 3.68. The second-order valence-corrected chi connectivity index (χ2v) is 5.77. The summed E-state index contributed by atoms with van der Waals surface area (Å²) in [6, 6.07) is 0.376. The van der Waals surface area contributed by atoms with Crippen molar-refractivity contribution in [3.63, 3.8) is 0 Å². The zero-order valence-corrected chi connectivity index (χ0v) is 12.3. The Morgan fingerprint density at radius 3 is 2.76 bits per heavy atom. The number of nitrogens with zero attached hydrogens (tertiary/aromatic N) is 6. The molecule has 3 unspecified atom stereocenters. The molecule has 21 heavy (non-hydrogen) atoms. The third-order valence-electron chi connectivity index (χ3n) is 4.20. The molecule has 3 rings (SSSR count). The van der Waals surface area contributed by atoms with Crippen LogP contribution in [0.1, 0.15) is 33.1 Å². The van der Waals surface area contributed by atoms with Gasteiger partial charge in [0, 0.05) is 6.04 Å². The molecule has 1 fully saturated rings. The van der Waals surface area contributed by atoms with Crippen molar-refractivity contribution in [1.82, 2.24) is 29.7 Å². The van der Waals surface area contributed by atoms with Crippen LogP contribution >= 0.6 is 0 Å². The number of hydrogen-bond donors (Lipinski definition) is 2. The summed E-state index contributed by atoms with van der Waals surface area (Å²) in [5, 5.41) is 7.38. The number of aromatic nitrogens is 6. The summed E-state index contributed by atoms with van der Waals surface area (Å²) in [7, 11) is 0. The molecular formula is C13H20N8. The number of anilines is 2. The smallest absolute Gasteiger partial charge is 0.258 e. The molecule has 1 aliphatic carbocycles. The first-order chi connectivity index (χ1) is 10.1. The Labute approximate surface area is 123 Å². The van der Waals surface area contributed by atoms with Crippen molar-refractivity contribution in [3.8, 4) is 5.95 Å². The van der Waals surface area contributed by atoms with Crippen molar-refractivity contribution < 1.29 is 0 Å². The van der Waals surface area contributed by atoms with Gasteiger partial charge in [-0.1, -0.05) is 13.8 Å². The van der Waals surface area contributed by atoms with Gasteiger partial charge in [0.05, 0.1) is 0 Å². The molecular weight excluding hydrogens is 268 g/mol. The Morgan fingerprint density at radius 1 is 1.19 bits per heavy atom. The Bertz CT molecular complexity index is 596. The van der Waals surface area contributed by atoms with Gasteiger partial charge in [-0.05, 0) is 31.1 Å². The zero-order chi connectivity index (χ0) is 14.8. The van der Waals surface area contributed by atoms with Crippen LogP contribution in [0.2, 0.25) is 0 Å². The molecule has 2 aromatic rings. The molecule has 1 saturated carbocycles. The summed E-state index contributed by atoms with van der Waals surface area (Å²) in [5.41, 5.74) is 5.76. The summed E-state index contributed by atoms with van der Waals surface area (Å²) >= 11 is 0. The summed E-state index contributed by atoms with van der Waals surface area (Å²) in [6.45, 7) is 4.60. The highest BCUT2D eigenvalue weighted by Gasteiger charge is 2.25. The van der Waals surface area contributed by atoms with Crippen LogP contribution in [-0.4, -0.2) is 35.8 Å². The maximum Gasteiger partial charge on any atom is 0.258 e. The van der Waals surface area contributed by atoms with Crippen molar-refractivity contribution in [1.29, 1.82) is 0 Å². The highest BCUT2D eigenvalue weighted by atomic mass is 15.4. The third-order valence-corrected chi connectivity index (χ3v) is 4.20. The number of nitrogen functional groups attached to an aromatic ring is 1. The van der Waals surface area contributed by atoms with Crippen molar-refractivity contribution in [2.45, 2.75) is 39.2 Å². The van der Waals surface area contributed by atoms with Gasteiger partial charge in [-0.15, -0.1) is 0 Å². The Balaban J connectivity index is 1.77. The predicted octanol–water partition coefficient (Wildman–Crippen LogP) is 1.27. The van der Waals surface area contributed by atoms with Gasteiger partial charge in [-0.2, -0.15) is 24.7 Å². The maximum atomic E-state index is 5.76. The van der Waals surface area contributed by atoms with E-state index in [9.17, 15) is 0 Å². The van der Waals surface area contributed by atoms with E-state index >= 15 is 0 Å². The fourth-order valence-corrected chi connectivity index (χ4v) is 2.72. The second-order valence-electron chi connectivity index (χ2n) is 5.77. The first-order valence-electron chi connectivity index (χ1n) is 7.25. The average Bonchev–Trinajstić information content (AvgIpc) is 2.96. The minimum Gasteiger partial charge on any atom is -0.368 e. The second kappa shape index (κ2) is 5.63. The molecule has 2 aromatic heterocycles. The Hall–Kier alpha value is -2.25. The van der Waals surface area contributed by atoms with Crippen LogP contribution < -0.4 is 11.1 Å². The molecule has 1 aliphatic rings. The van der Waals surface area contributed by atoms with Crippen LogP contribution in [0.5, 0.6) is 0 Å². The van der Waals surface area contributed by atoms with Gasteiger partial charge in [0.1, 0.15) is 12.7 Å². The van der Waals surface area contributed by atoms with E-state index in [2.05, 4.69) is 44.2 Å². The molecule has 0 aromatic carbocycles. The standard InChI is InChI=1S/C13H20N8/c1-8-3-4-10(5-9(8)2)17-12-18-11(14)19-13(20-12)21-7-15-6-16-21/h6-10H,3-5H2,1-2H3,(H3,14,17,18,19,20). The minimum atomic E-state index is 0.176. The first kappa shape index (κ1) is 13.7. The molecule has 0 saturated heterocycles. The number of hydrogen-bond acceptors (Lipinski definition) is 7. The van der Waals surface area contributed by atoms with E-state index in [4.69, 9.17) is 5.73 Å². The SMILES string of the molecule is CC1CCC(Nc2nc(N)nc(-n3cncn3)n2)CC1C. The lowest BCUT2D eigenvalue weighted by Crippen LogP contribution is -2.31. The molecule has 0 amide bonds. The lowest BCUT2D eigenvalue weighted by atomic mass is 9.79. The van der Waals surface area contributed by atoms with Crippen LogP contribution in [0, 0.1) is 11.8 Å². The molecule has 0 radical (unpaired) electrons.